The first kappa shape index (κ1) is 23.4. The van der Waals surface area contributed by atoms with E-state index in [9.17, 15) is 18.0 Å². The number of rotatable bonds is 8. The van der Waals surface area contributed by atoms with Crippen LogP contribution in [0.4, 0.5) is 5.69 Å². The zero-order valence-electron chi connectivity index (χ0n) is 17.9. The van der Waals surface area contributed by atoms with Crippen LogP contribution in [0.5, 0.6) is 0 Å². The molecule has 7 nitrogen and oxygen atoms in total. The molecule has 0 saturated carbocycles. The van der Waals surface area contributed by atoms with Crippen molar-refractivity contribution in [1.82, 2.24) is 5.32 Å². The largest absolute Gasteiger partial charge is 0.452 e. The number of sulfonamides is 1. The molecule has 8 heteroatoms. The number of anilines is 1. The van der Waals surface area contributed by atoms with Gasteiger partial charge in [-0.3, -0.25) is 9.52 Å². The fourth-order valence-electron chi connectivity index (χ4n) is 2.58. The quantitative estimate of drug-likeness (QED) is 0.623. The van der Waals surface area contributed by atoms with Crippen molar-refractivity contribution in [1.29, 1.82) is 0 Å². The standard InChI is InChI=1S/C22H28N2O5S/c1-14(2)17(5)23-21(25)13-29-22(26)20-12-19(10-9-16(20)4)30(27,28)24-18-8-6-7-15(3)11-18/h6-12,14,17,24H,13H2,1-5H3,(H,23,25). The predicted octanol–water partition coefficient (Wildman–Crippen LogP) is 3.42. The highest BCUT2D eigenvalue weighted by molar-refractivity contribution is 7.92. The number of nitrogens with one attached hydrogen (secondary N) is 2. The number of benzene rings is 2. The molecule has 2 rings (SSSR count). The Labute approximate surface area is 177 Å². The summed E-state index contributed by atoms with van der Waals surface area (Å²) in [5, 5.41) is 2.75. The van der Waals surface area contributed by atoms with Gasteiger partial charge in [-0.1, -0.05) is 32.0 Å². The third kappa shape index (κ3) is 6.32. The van der Waals surface area contributed by atoms with E-state index in [1.807, 2.05) is 33.8 Å². The monoisotopic (exact) mass is 432 g/mol. The topological polar surface area (TPSA) is 102 Å². The Kier molecular flexibility index (Phi) is 7.61. The molecule has 0 spiro atoms. The molecule has 0 bridgehead atoms. The van der Waals surface area contributed by atoms with Gasteiger partial charge in [0, 0.05) is 11.7 Å². The van der Waals surface area contributed by atoms with Gasteiger partial charge in [-0.15, -0.1) is 0 Å². The van der Waals surface area contributed by atoms with Crippen molar-refractivity contribution >= 4 is 27.6 Å². The van der Waals surface area contributed by atoms with Crippen LogP contribution in [0.3, 0.4) is 0 Å². The minimum absolute atomic E-state index is 0.0564. The molecule has 0 heterocycles. The molecule has 162 valence electrons. The highest BCUT2D eigenvalue weighted by atomic mass is 32.2. The van der Waals surface area contributed by atoms with E-state index in [1.165, 1.54) is 18.2 Å². The van der Waals surface area contributed by atoms with Gasteiger partial charge in [0.1, 0.15) is 0 Å². The number of hydrogen-bond donors (Lipinski definition) is 2. The van der Waals surface area contributed by atoms with Crippen LogP contribution in [0.2, 0.25) is 0 Å². The molecule has 2 aromatic carbocycles. The highest BCUT2D eigenvalue weighted by Crippen LogP contribution is 2.20. The molecule has 2 aromatic rings. The number of carbonyl (C=O) groups excluding carboxylic acids is 2. The molecule has 1 unspecified atom stereocenters. The lowest BCUT2D eigenvalue weighted by molar-refractivity contribution is -0.125. The summed E-state index contributed by atoms with van der Waals surface area (Å²) in [6, 6.07) is 11.1. The summed E-state index contributed by atoms with van der Waals surface area (Å²) in [7, 11) is -3.90. The minimum atomic E-state index is -3.90. The van der Waals surface area contributed by atoms with E-state index in [1.54, 1.807) is 25.1 Å². The Morgan fingerprint density at radius 3 is 2.37 bits per heavy atom. The van der Waals surface area contributed by atoms with E-state index in [2.05, 4.69) is 10.0 Å². The van der Waals surface area contributed by atoms with Crippen LogP contribution in [-0.2, 0) is 19.6 Å². The molecule has 1 atom stereocenters. The summed E-state index contributed by atoms with van der Waals surface area (Å²) in [5.41, 5.74) is 1.97. The molecular weight excluding hydrogens is 404 g/mol. The summed E-state index contributed by atoms with van der Waals surface area (Å²) in [5.74, 6) is -0.922. The number of esters is 1. The summed E-state index contributed by atoms with van der Waals surface area (Å²) in [6.07, 6.45) is 0. The van der Waals surface area contributed by atoms with Crippen LogP contribution in [0.1, 0.15) is 42.3 Å². The fourth-order valence-corrected chi connectivity index (χ4v) is 3.66. The van der Waals surface area contributed by atoms with Gasteiger partial charge >= 0.3 is 5.97 Å². The van der Waals surface area contributed by atoms with Crippen molar-refractivity contribution in [3.8, 4) is 0 Å². The van der Waals surface area contributed by atoms with E-state index >= 15 is 0 Å². The fraction of sp³-hybridized carbons (Fsp3) is 0.364. The van der Waals surface area contributed by atoms with Gasteiger partial charge in [-0.05, 0) is 62.1 Å². The normalized spacial score (nSPS) is 12.3. The van der Waals surface area contributed by atoms with Crippen molar-refractivity contribution in [2.75, 3.05) is 11.3 Å². The molecule has 0 saturated heterocycles. The average molecular weight is 433 g/mol. The minimum Gasteiger partial charge on any atom is -0.452 e. The smallest absolute Gasteiger partial charge is 0.338 e. The second-order valence-corrected chi connectivity index (χ2v) is 9.31. The third-order valence-corrected chi connectivity index (χ3v) is 6.11. The predicted molar refractivity (Wildman–Crippen MR) is 116 cm³/mol. The lowest BCUT2D eigenvalue weighted by Gasteiger charge is -2.17. The van der Waals surface area contributed by atoms with Crippen molar-refractivity contribution in [2.24, 2.45) is 5.92 Å². The lowest BCUT2D eigenvalue weighted by Crippen LogP contribution is -2.38. The Bertz CT molecular complexity index is 1030. The van der Waals surface area contributed by atoms with Crippen LogP contribution in [0.15, 0.2) is 47.4 Å². The van der Waals surface area contributed by atoms with Crippen LogP contribution in [-0.4, -0.2) is 32.9 Å². The van der Waals surface area contributed by atoms with E-state index in [-0.39, 0.29) is 22.4 Å². The second-order valence-electron chi connectivity index (χ2n) is 7.63. The molecule has 0 aliphatic heterocycles. The number of hydrogen-bond acceptors (Lipinski definition) is 5. The Morgan fingerprint density at radius 1 is 1.03 bits per heavy atom. The number of amides is 1. The second kappa shape index (κ2) is 9.75. The maximum atomic E-state index is 12.7. The average Bonchev–Trinajstić information content (AvgIpc) is 2.65. The number of ether oxygens (including phenoxy) is 1. The molecule has 2 N–H and O–H groups in total. The Hall–Kier alpha value is -2.87. The summed E-state index contributed by atoms with van der Waals surface area (Å²) < 4.78 is 33.0. The van der Waals surface area contributed by atoms with Gasteiger partial charge < -0.3 is 10.1 Å². The molecule has 0 aromatic heterocycles. The first-order chi connectivity index (χ1) is 14.0. The molecule has 1 amide bonds. The SMILES string of the molecule is Cc1cccc(NS(=O)(=O)c2ccc(C)c(C(=O)OCC(=O)NC(C)C(C)C)c2)c1. The van der Waals surface area contributed by atoms with Crippen molar-refractivity contribution in [3.63, 3.8) is 0 Å². The van der Waals surface area contributed by atoms with Crippen molar-refractivity contribution in [3.05, 3.63) is 59.2 Å². The van der Waals surface area contributed by atoms with Crippen LogP contribution in [0, 0.1) is 19.8 Å². The van der Waals surface area contributed by atoms with Crippen molar-refractivity contribution in [2.45, 2.75) is 45.6 Å². The molecular formula is C22H28N2O5S. The van der Waals surface area contributed by atoms with Gasteiger partial charge in [-0.2, -0.15) is 0 Å². The van der Waals surface area contributed by atoms with Gasteiger partial charge in [0.25, 0.3) is 15.9 Å². The van der Waals surface area contributed by atoms with Gasteiger partial charge in [0.15, 0.2) is 6.61 Å². The zero-order valence-corrected chi connectivity index (χ0v) is 18.7. The number of carbonyl (C=O) groups is 2. The van der Waals surface area contributed by atoms with Crippen LogP contribution < -0.4 is 10.0 Å². The summed E-state index contributed by atoms with van der Waals surface area (Å²) in [4.78, 5) is 24.3. The van der Waals surface area contributed by atoms with E-state index < -0.39 is 28.5 Å². The van der Waals surface area contributed by atoms with E-state index in [4.69, 9.17) is 4.74 Å². The molecule has 0 aliphatic rings. The molecule has 0 radical (unpaired) electrons. The zero-order chi connectivity index (χ0) is 22.5. The van der Waals surface area contributed by atoms with Gasteiger partial charge in [0.2, 0.25) is 0 Å². The third-order valence-electron chi connectivity index (χ3n) is 4.73. The van der Waals surface area contributed by atoms with Gasteiger partial charge in [-0.25, -0.2) is 13.2 Å². The van der Waals surface area contributed by atoms with E-state index in [0.717, 1.165) is 5.56 Å². The first-order valence-electron chi connectivity index (χ1n) is 9.66. The summed E-state index contributed by atoms with van der Waals surface area (Å²) >= 11 is 0. The number of aryl methyl sites for hydroxylation is 2. The van der Waals surface area contributed by atoms with Crippen LogP contribution in [0.25, 0.3) is 0 Å². The maximum Gasteiger partial charge on any atom is 0.338 e. The molecule has 0 aliphatic carbocycles. The van der Waals surface area contributed by atoms with E-state index in [0.29, 0.717) is 11.3 Å². The van der Waals surface area contributed by atoms with Crippen LogP contribution >= 0.6 is 0 Å². The Morgan fingerprint density at radius 2 is 1.73 bits per heavy atom. The Balaban J connectivity index is 2.14. The summed E-state index contributed by atoms with van der Waals surface area (Å²) in [6.45, 7) is 8.89. The van der Waals surface area contributed by atoms with Crippen molar-refractivity contribution < 1.29 is 22.7 Å². The maximum absolute atomic E-state index is 12.7. The molecule has 0 fully saturated rings. The highest BCUT2D eigenvalue weighted by Gasteiger charge is 2.20. The van der Waals surface area contributed by atoms with Gasteiger partial charge in [0.05, 0.1) is 10.5 Å². The first-order valence-corrected chi connectivity index (χ1v) is 11.1. The lowest BCUT2D eigenvalue weighted by atomic mass is 10.1. The molecule has 30 heavy (non-hydrogen) atoms.